The highest BCUT2D eigenvalue weighted by molar-refractivity contribution is 5.13. The van der Waals surface area contributed by atoms with Crippen LogP contribution in [0.5, 0.6) is 0 Å². The maximum Gasteiger partial charge on any atom is 0.102 e. The molecule has 3 rings (SSSR count). The topological polar surface area (TPSA) is 27.7 Å². The normalized spacial score (nSPS) is 32.6. The van der Waals surface area contributed by atoms with E-state index in [1.807, 2.05) is 30.4 Å². The first-order valence-electron chi connectivity index (χ1n) is 7.08. The van der Waals surface area contributed by atoms with E-state index in [2.05, 4.69) is 24.8 Å². The van der Waals surface area contributed by atoms with Crippen LogP contribution in [0.4, 0.5) is 0 Å². The zero-order valence-electron chi connectivity index (χ0n) is 11.5. The van der Waals surface area contributed by atoms with Gasteiger partial charge in [0, 0.05) is 6.42 Å². The van der Waals surface area contributed by atoms with E-state index in [4.69, 9.17) is 14.2 Å². The second-order valence-electron chi connectivity index (χ2n) is 5.17. The molecule has 2 aliphatic heterocycles. The molecule has 106 valence electrons. The zero-order valence-corrected chi connectivity index (χ0v) is 11.5. The van der Waals surface area contributed by atoms with Crippen LogP contribution >= 0.6 is 0 Å². The largest absolute Gasteiger partial charge is 0.370 e. The van der Waals surface area contributed by atoms with Crippen molar-refractivity contribution >= 4 is 0 Å². The van der Waals surface area contributed by atoms with Gasteiger partial charge in [-0.15, -0.1) is 6.58 Å². The van der Waals surface area contributed by atoms with Crippen molar-refractivity contribution in [1.82, 2.24) is 0 Å². The summed E-state index contributed by atoms with van der Waals surface area (Å²) in [7, 11) is 0. The lowest BCUT2D eigenvalue weighted by molar-refractivity contribution is -0.0365. The van der Waals surface area contributed by atoms with E-state index in [1.54, 1.807) is 0 Å². The molecule has 0 saturated carbocycles. The lowest BCUT2D eigenvalue weighted by Crippen LogP contribution is -2.24. The average molecular weight is 272 g/mol. The van der Waals surface area contributed by atoms with Crippen LogP contribution in [-0.4, -0.2) is 31.0 Å². The predicted molar refractivity (Wildman–Crippen MR) is 77.4 cm³/mol. The summed E-state index contributed by atoms with van der Waals surface area (Å²) in [5.41, 5.74) is 1.18. The molecule has 3 heteroatoms. The molecule has 1 aromatic rings. The Morgan fingerprint density at radius 2 is 2.15 bits per heavy atom. The van der Waals surface area contributed by atoms with E-state index in [0.29, 0.717) is 13.2 Å². The molecule has 1 aromatic carbocycles. The quantitative estimate of drug-likeness (QED) is 0.771. The summed E-state index contributed by atoms with van der Waals surface area (Å²) in [5.74, 6) is 0. The average Bonchev–Trinajstić information content (AvgIpc) is 3.15. The molecule has 0 aromatic heterocycles. The first-order chi connectivity index (χ1) is 9.86. The Kier molecular flexibility index (Phi) is 4.31. The van der Waals surface area contributed by atoms with Crippen LogP contribution in [-0.2, 0) is 20.8 Å². The van der Waals surface area contributed by atoms with E-state index in [0.717, 1.165) is 6.42 Å². The Bertz CT molecular complexity index is 468. The number of rotatable bonds is 5. The van der Waals surface area contributed by atoms with Gasteiger partial charge >= 0.3 is 0 Å². The molecule has 0 bridgehead atoms. The van der Waals surface area contributed by atoms with E-state index < -0.39 is 0 Å². The van der Waals surface area contributed by atoms with Gasteiger partial charge in [-0.2, -0.15) is 0 Å². The van der Waals surface area contributed by atoms with Gasteiger partial charge in [0.15, 0.2) is 0 Å². The first kappa shape index (κ1) is 13.6. The molecule has 0 unspecified atom stereocenters. The lowest BCUT2D eigenvalue weighted by Gasteiger charge is -2.16. The van der Waals surface area contributed by atoms with Gasteiger partial charge in [0.2, 0.25) is 0 Å². The van der Waals surface area contributed by atoms with Crippen molar-refractivity contribution in [3.8, 4) is 0 Å². The predicted octanol–water partition coefficient (Wildman–Crippen LogP) is 2.87. The smallest absolute Gasteiger partial charge is 0.102 e. The molecule has 4 atom stereocenters. The molecule has 0 spiro atoms. The second-order valence-corrected chi connectivity index (χ2v) is 5.17. The molecule has 0 N–H and O–H groups in total. The van der Waals surface area contributed by atoms with E-state index in [-0.39, 0.29) is 24.4 Å². The summed E-state index contributed by atoms with van der Waals surface area (Å²) < 4.78 is 17.6. The molecular formula is C17H20O3. The highest BCUT2D eigenvalue weighted by Gasteiger charge is 2.38. The second kappa shape index (κ2) is 6.35. The van der Waals surface area contributed by atoms with Gasteiger partial charge < -0.3 is 14.2 Å². The minimum absolute atomic E-state index is 0.0512. The Morgan fingerprint density at radius 3 is 2.85 bits per heavy atom. The summed E-state index contributed by atoms with van der Waals surface area (Å²) in [6, 6.07) is 10.2. The minimum Gasteiger partial charge on any atom is -0.370 e. The highest BCUT2D eigenvalue weighted by atomic mass is 16.6. The van der Waals surface area contributed by atoms with Gasteiger partial charge in [0.25, 0.3) is 0 Å². The molecule has 20 heavy (non-hydrogen) atoms. The van der Waals surface area contributed by atoms with Gasteiger partial charge in [-0.1, -0.05) is 48.6 Å². The molecule has 0 amide bonds. The third-order valence-electron chi connectivity index (χ3n) is 3.78. The maximum atomic E-state index is 6.01. The number of ether oxygens (including phenoxy) is 3. The van der Waals surface area contributed by atoms with Crippen LogP contribution < -0.4 is 0 Å². The van der Waals surface area contributed by atoms with Crippen molar-refractivity contribution in [3.05, 3.63) is 60.7 Å². The first-order valence-corrected chi connectivity index (χ1v) is 7.08. The fraction of sp³-hybridized carbons (Fsp3) is 0.412. The van der Waals surface area contributed by atoms with Crippen LogP contribution in [0.25, 0.3) is 0 Å². The third kappa shape index (κ3) is 3.01. The number of benzene rings is 1. The summed E-state index contributed by atoms with van der Waals surface area (Å²) in [4.78, 5) is 0. The fourth-order valence-electron chi connectivity index (χ4n) is 2.71. The summed E-state index contributed by atoms with van der Waals surface area (Å²) in [6.07, 6.45) is 6.91. The third-order valence-corrected chi connectivity index (χ3v) is 3.78. The SMILES string of the molecule is C=C[C@H]1O[C@@H]([C@H]2C=CCO2)C[C@H]1OCc1ccccc1. The number of hydrogen-bond donors (Lipinski definition) is 0. The van der Waals surface area contributed by atoms with Crippen molar-refractivity contribution in [2.75, 3.05) is 6.61 Å². The summed E-state index contributed by atoms with van der Waals surface area (Å²) in [6.45, 7) is 5.13. The minimum atomic E-state index is -0.0543. The van der Waals surface area contributed by atoms with E-state index in [1.165, 1.54) is 5.56 Å². The van der Waals surface area contributed by atoms with Gasteiger partial charge in [-0.05, 0) is 5.56 Å². The Balaban J connectivity index is 1.57. The molecule has 0 radical (unpaired) electrons. The standard InChI is InChI=1S/C17H20O3/c1-2-14-16(19-12-13-7-4-3-5-8-13)11-17(20-14)15-9-6-10-18-15/h2-9,14-17H,1,10-12H2/t14-,15-,16-,17-/m1/s1. The molecule has 3 nitrogen and oxygen atoms in total. The maximum absolute atomic E-state index is 6.01. The molecule has 1 fully saturated rings. The lowest BCUT2D eigenvalue weighted by atomic mass is 10.1. The van der Waals surface area contributed by atoms with Crippen molar-refractivity contribution in [1.29, 1.82) is 0 Å². The Morgan fingerprint density at radius 1 is 1.30 bits per heavy atom. The van der Waals surface area contributed by atoms with Crippen LogP contribution in [0, 0.1) is 0 Å². The van der Waals surface area contributed by atoms with Crippen molar-refractivity contribution in [2.45, 2.75) is 37.4 Å². The zero-order chi connectivity index (χ0) is 13.8. The fourth-order valence-corrected chi connectivity index (χ4v) is 2.71. The van der Waals surface area contributed by atoms with Crippen molar-refractivity contribution in [2.24, 2.45) is 0 Å². The number of hydrogen-bond acceptors (Lipinski definition) is 3. The van der Waals surface area contributed by atoms with Crippen LogP contribution in [0.15, 0.2) is 55.1 Å². The van der Waals surface area contributed by atoms with Crippen molar-refractivity contribution in [3.63, 3.8) is 0 Å². The van der Waals surface area contributed by atoms with Gasteiger partial charge in [-0.3, -0.25) is 0 Å². The van der Waals surface area contributed by atoms with E-state index in [9.17, 15) is 0 Å². The van der Waals surface area contributed by atoms with Crippen LogP contribution in [0.2, 0.25) is 0 Å². The molecule has 1 saturated heterocycles. The highest BCUT2D eigenvalue weighted by Crippen LogP contribution is 2.29. The Hall–Kier alpha value is -1.42. The van der Waals surface area contributed by atoms with Gasteiger partial charge in [0.05, 0.1) is 25.4 Å². The van der Waals surface area contributed by atoms with Crippen LogP contribution in [0.1, 0.15) is 12.0 Å². The van der Waals surface area contributed by atoms with Crippen molar-refractivity contribution < 1.29 is 14.2 Å². The van der Waals surface area contributed by atoms with E-state index >= 15 is 0 Å². The van der Waals surface area contributed by atoms with Crippen LogP contribution in [0.3, 0.4) is 0 Å². The molecular weight excluding hydrogens is 252 g/mol. The van der Waals surface area contributed by atoms with Gasteiger partial charge in [-0.25, -0.2) is 0 Å². The molecule has 0 aliphatic carbocycles. The Labute approximate surface area is 119 Å². The molecule has 2 aliphatic rings. The summed E-state index contributed by atoms with van der Waals surface area (Å²) in [5, 5.41) is 0. The monoisotopic (exact) mass is 272 g/mol. The summed E-state index contributed by atoms with van der Waals surface area (Å²) >= 11 is 0. The van der Waals surface area contributed by atoms with Gasteiger partial charge in [0.1, 0.15) is 12.2 Å². The molecule has 2 heterocycles.